The second-order valence-corrected chi connectivity index (χ2v) is 6.45. The molecule has 6 heteroatoms. The van der Waals surface area contributed by atoms with Crippen LogP contribution in [0.25, 0.3) is 16.6 Å². The van der Waals surface area contributed by atoms with Crippen molar-refractivity contribution in [2.45, 2.75) is 5.16 Å². The van der Waals surface area contributed by atoms with Crippen molar-refractivity contribution in [2.24, 2.45) is 0 Å². The largest absolute Gasteiger partial charge is 0.497 e. The highest BCUT2D eigenvalue weighted by Crippen LogP contribution is 2.24. The number of carbonyl (C=O) groups is 1. The van der Waals surface area contributed by atoms with Gasteiger partial charge < -0.3 is 4.74 Å². The average molecular weight is 349 g/mol. The number of benzene rings is 2. The normalized spacial score (nSPS) is 11.1. The van der Waals surface area contributed by atoms with Crippen LogP contribution in [0.3, 0.4) is 0 Å². The molecular formula is C19H15N3O2S. The van der Waals surface area contributed by atoms with Crippen molar-refractivity contribution in [3.8, 4) is 5.75 Å². The molecule has 0 spiro atoms. The van der Waals surface area contributed by atoms with Crippen LogP contribution in [0.1, 0.15) is 10.4 Å². The van der Waals surface area contributed by atoms with Crippen LogP contribution in [0.5, 0.6) is 5.75 Å². The molecule has 4 aromatic rings. The van der Waals surface area contributed by atoms with E-state index in [0.29, 0.717) is 16.5 Å². The van der Waals surface area contributed by atoms with Crippen LogP contribution in [0.2, 0.25) is 0 Å². The molecule has 124 valence electrons. The van der Waals surface area contributed by atoms with Gasteiger partial charge in [-0.3, -0.25) is 9.20 Å². The van der Waals surface area contributed by atoms with Gasteiger partial charge in [0, 0.05) is 5.56 Å². The van der Waals surface area contributed by atoms with E-state index in [1.165, 1.54) is 11.8 Å². The molecule has 0 saturated carbocycles. The molecule has 4 rings (SSSR count). The first kappa shape index (κ1) is 15.7. The van der Waals surface area contributed by atoms with Gasteiger partial charge in [-0.05, 0) is 47.9 Å². The molecule has 0 saturated heterocycles. The monoisotopic (exact) mass is 349 g/mol. The molecule has 5 nitrogen and oxygen atoms in total. The SMILES string of the molecule is COc1ccc(C(=O)CSc2nnc3ccc4ccccc4n23)cc1. The summed E-state index contributed by atoms with van der Waals surface area (Å²) in [5.74, 6) is 1.08. The van der Waals surface area contributed by atoms with Gasteiger partial charge in [-0.1, -0.05) is 30.0 Å². The molecule has 0 bridgehead atoms. The van der Waals surface area contributed by atoms with E-state index in [0.717, 1.165) is 22.3 Å². The topological polar surface area (TPSA) is 56.5 Å². The Morgan fingerprint density at radius 2 is 1.84 bits per heavy atom. The predicted molar refractivity (Wildman–Crippen MR) is 98.5 cm³/mol. The van der Waals surface area contributed by atoms with E-state index < -0.39 is 0 Å². The molecule has 2 aromatic carbocycles. The first-order valence-corrected chi connectivity index (χ1v) is 8.78. The standard InChI is InChI=1S/C19H15N3O2S/c1-24-15-9-6-14(7-10-15)17(23)12-25-19-21-20-18-11-8-13-4-2-3-5-16(13)22(18)19/h2-11H,12H2,1H3. The Bertz CT molecular complexity index is 1060. The summed E-state index contributed by atoms with van der Waals surface area (Å²) in [6.07, 6.45) is 0. The number of aromatic nitrogens is 3. The fourth-order valence-corrected chi connectivity index (χ4v) is 3.54. The zero-order valence-electron chi connectivity index (χ0n) is 13.5. The van der Waals surface area contributed by atoms with Gasteiger partial charge >= 0.3 is 0 Å². The van der Waals surface area contributed by atoms with Gasteiger partial charge in [-0.25, -0.2) is 0 Å². The Morgan fingerprint density at radius 1 is 1.04 bits per heavy atom. The van der Waals surface area contributed by atoms with Crippen LogP contribution >= 0.6 is 11.8 Å². The number of hydrogen-bond donors (Lipinski definition) is 0. The van der Waals surface area contributed by atoms with E-state index in [1.54, 1.807) is 31.4 Å². The maximum absolute atomic E-state index is 12.4. The number of nitrogens with zero attached hydrogens (tertiary/aromatic N) is 3. The van der Waals surface area contributed by atoms with Crippen LogP contribution in [0.4, 0.5) is 0 Å². The molecule has 0 aliphatic rings. The third kappa shape index (κ3) is 2.96. The number of ketones is 1. The fraction of sp³-hybridized carbons (Fsp3) is 0.105. The van der Waals surface area contributed by atoms with E-state index in [1.807, 2.05) is 40.8 Å². The highest BCUT2D eigenvalue weighted by molar-refractivity contribution is 7.99. The summed E-state index contributed by atoms with van der Waals surface area (Å²) in [5, 5.41) is 10.3. The van der Waals surface area contributed by atoms with Gasteiger partial charge in [-0.2, -0.15) is 0 Å². The summed E-state index contributed by atoms with van der Waals surface area (Å²) in [6.45, 7) is 0. The number of thioether (sulfide) groups is 1. The third-order valence-corrected chi connectivity index (χ3v) is 4.92. The van der Waals surface area contributed by atoms with Crippen molar-refractivity contribution < 1.29 is 9.53 Å². The number of Topliss-reactive ketones (excluding diaryl/α,β-unsaturated/α-hetero) is 1. The summed E-state index contributed by atoms with van der Waals surface area (Å²) >= 11 is 1.39. The summed E-state index contributed by atoms with van der Waals surface area (Å²) < 4.78 is 7.11. The lowest BCUT2D eigenvalue weighted by molar-refractivity contribution is 0.102. The number of pyridine rings is 1. The summed E-state index contributed by atoms with van der Waals surface area (Å²) in [5.41, 5.74) is 2.47. The lowest BCUT2D eigenvalue weighted by atomic mass is 10.1. The molecular weight excluding hydrogens is 334 g/mol. The number of ether oxygens (including phenoxy) is 1. The first-order valence-electron chi connectivity index (χ1n) is 7.79. The van der Waals surface area contributed by atoms with Crippen molar-refractivity contribution in [2.75, 3.05) is 12.9 Å². The number of rotatable bonds is 5. The Balaban J connectivity index is 1.60. The Kier molecular flexibility index (Phi) is 4.11. The molecule has 0 aliphatic heterocycles. The van der Waals surface area contributed by atoms with Crippen LogP contribution in [0.15, 0.2) is 65.8 Å². The van der Waals surface area contributed by atoms with Crippen molar-refractivity contribution in [3.05, 3.63) is 66.2 Å². The van der Waals surface area contributed by atoms with E-state index >= 15 is 0 Å². The smallest absolute Gasteiger partial charge is 0.196 e. The molecule has 0 fully saturated rings. The maximum Gasteiger partial charge on any atom is 0.196 e. The molecule has 0 atom stereocenters. The highest BCUT2D eigenvalue weighted by Gasteiger charge is 2.12. The van der Waals surface area contributed by atoms with Gasteiger partial charge in [0.1, 0.15) is 5.75 Å². The van der Waals surface area contributed by atoms with E-state index in [9.17, 15) is 4.79 Å². The van der Waals surface area contributed by atoms with Crippen molar-refractivity contribution in [1.29, 1.82) is 0 Å². The Labute approximate surface area is 148 Å². The Morgan fingerprint density at radius 3 is 2.64 bits per heavy atom. The molecule has 0 amide bonds. The Hall–Kier alpha value is -2.86. The van der Waals surface area contributed by atoms with Gasteiger partial charge in [0.25, 0.3) is 0 Å². The molecule has 0 N–H and O–H groups in total. The van der Waals surface area contributed by atoms with E-state index in [4.69, 9.17) is 4.74 Å². The third-order valence-electron chi connectivity index (χ3n) is 3.99. The lowest BCUT2D eigenvalue weighted by Gasteiger charge is -2.05. The maximum atomic E-state index is 12.4. The average Bonchev–Trinajstić information content (AvgIpc) is 3.10. The van der Waals surface area contributed by atoms with Crippen LogP contribution in [0, 0.1) is 0 Å². The summed E-state index contributed by atoms with van der Waals surface area (Å²) in [7, 11) is 1.60. The predicted octanol–water partition coefficient (Wildman–Crippen LogP) is 3.87. The summed E-state index contributed by atoms with van der Waals surface area (Å²) in [4.78, 5) is 12.4. The van der Waals surface area contributed by atoms with Crippen molar-refractivity contribution in [3.63, 3.8) is 0 Å². The molecule has 25 heavy (non-hydrogen) atoms. The molecule has 0 radical (unpaired) electrons. The zero-order valence-corrected chi connectivity index (χ0v) is 14.4. The molecule has 0 unspecified atom stereocenters. The van der Waals surface area contributed by atoms with Gasteiger partial charge in [0.15, 0.2) is 16.6 Å². The minimum Gasteiger partial charge on any atom is -0.497 e. The number of para-hydroxylation sites is 1. The highest BCUT2D eigenvalue weighted by atomic mass is 32.2. The van der Waals surface area contributed by atoms with Gasteiger partial charge in [-0.15, -0.1) is 10.2 Å². The van der Waals surface area contributed by atoms with E-state index in [2.05, 4.69) is 10.2 Å². The van der Waals surface area contributed by atoms with Crippen LogP contribution in [-0.2, 0) is 0 Å². The minimum atomic E-state index is 0.0460. The molecule has 2 aromatic heterocycles. The number of carbonyl (C=O) groups excluding carboxylic acids is 1. The quantitative estimate of drug-likeness (QED) is 0.404. The van der Waals surface area contributed by atoms with Crippen molar-refractivity contribution in [1.82, 2.24) is 14.6 Å². The van der Waals surface area contributed by atoms with Crippen LogP contribution < -0.4 is 4.74 Å². The first-order chi connectivity index (χ1) is 12.3. The fourth-order valence-electron chi connectivity index (χ4n) is 2.70. The van der Waals surface area contributed by atoms with Gasteiger partial charge in [0.05, 0.1) is 18.4 Å². The molecule has 0 aliphatic carbocycles. The number of hydrogen-bond acceptors (Lipinski definition) is 5. The van der Waals surface area contributed by atoms with Crippen molar-refractivity contribution >= 4 is 34.1 Å². The second kappa shape index (κ2) is 6.57. The van der Waals surface area contributed by atoms with Gasteiger partial charge in [0.2, 0.25) is 0 Å². The van der Waals surface area contributed by atoms with E-state index in [-0.39, 0.29) is 5.78 Å². The number of methoxy groups -OCH3 is 1. The van der Waals surface area contributed by atoms with Crippen LogP contribution in [-0.4, -0.2) is 33.2 Å². The minimum absolute atomic E-state index is 0.0460. The number of fused-ring (bicyclic) bond motifs is 3. The lowest BCUT2D eigenvalue weighted by Crippen LogP contribution is -2.03. The summed E-state index contributed by atoms with van der Waals surface area (Å²) in [6, 6.07) is 19.2. The zero-order chi connectivity index (χ0) is 17.2. The second-order valence-electron chi connectivity index (χ2n) is 5.51. The molecule has 2 heterocycles.